The standard InChI is InChI=1S/C16H12F2INO2/c17-16(18)22-14-8-4-1-5-11(14)9-10-15(21)20-13-7-3-2-6-12(13)19/h1-10,16H,(H,20,21)/b10-9+. The molecule has 2 aromatic rings. The van der Waals surface area contributed by atoms with E-state index in [4.69, 9.17) is 0 Å². The Balaban J connectivity index is 2.09. The average molecular weight is 415 g/mol. The van der Waals surface area contributed by atoms with E-state index < -0.39 is 6.61 Å². The molecule has 6 heteroatoms. The van der Waals surface area contributed by atoms with Gasteiger partial charge < -0.3 is 10.1 Å². The summed E-state index contributed by atoms with van der Waals surface area (Å²) in [5, 5.41) is 2.72. The van der Waals surface area contributed by atoms with E-state index in [0.29, 0.717) is 11.3 Å². The van der Waals surface area contributed by atoms with Crippen molar-refractivity contribution in [2.24, 2.45) is 0 Å². The first-order chi connectivity index (χ1) is 10.6. The average Bonchev–Trinajstić information content (AvgIpc) is 2.48. The first-order valence-corrected chi connectivity index (χ1v) is 7.41. The van der Waals surface area contributed by atoms with Gasteiger partial charge in [0.25, 0.3) is 0 Å². The fourth-order valence-electron chi connectivity index (χ4n) is 1.72. The van der Waals surface area contributed by atoms with Gasteiger partial charge in [-0.15, -0.1) is 0 Å². The van der Waals surface area contributed by atoms with E-state index in [1.807, 2.05) is 18.2 Å². The number of benzene rings is 2. The lowest BCUT2D eigenvalue weighted by Crippen LogP contribution is -2.09. The lowest BCUT2D eigenvalue weighted by atomic mass is 10.2. The molecule has 1 amide bonds. The second-order valence-electron chi connectivity index (χ2n) is 4.22. The predicted octanol–water partition coefficient (Wildman–Crippen LogP) is 4.54. The van der Waals surface area contributed by atoms with Gasteiger partial charge in [-0.05, 0) is 46.9 Å². The number of ether oxygens (including phenoxy) is 1. The first-order valence-electron chi connectivity index (χ1n) is 6.33. The lowest BCUT2D eigenvalue weighted by molar-refractivity contribution is -0.111. The van der Waals surface area contributed by atoms with Crippen LogP contribution < -0.4 is 10.1 Å². The van der Waals surface area contributed by atoms with Gasteiger partial charge in [-0.25, -0.2) is 0 Å². The normalized spacial score (nSPS) is 10.9. The van der Waals surface area contributed by atoms with Crippen LogP contribution in [0.15, 0.2) is 54.6 Å². The Bertz CT molecular complexity index is 689. The number of amides is 1. The van der Waals surface area contributed by atoms with Crippen molar-refractivity contribution in [3.8, 4) is 5.75 Å². The van der Waals surface area contributed by atoms with Gasteiger partial charge in [0, 0.05) is 15.2 Å². The summed E-state index contributed by atoms with van der Waals surface area (Å²) in [6, 6.07) is 13.6. The van der Waals surface area contributed by atoms with E-state index in [1.54, 1.807) is 24.3 Å². The quantitative estimate of drug-likeness (QED) is 0.575. The number of carbonyl (C=O) groups is 1. The van der Waals surface area contributed by atoms with E-state index in [1.165, 1.54) is 18.2 Å². The molecule has 0 aromatic heterocycles. The van der Waals surface area contributed by atoms with Crippen molar-refractivity contribution in [3.05, 3.63) is 63.7 Å². The molecule has 0 fully saturated rings. The van der Waals surface area contributed by atoms with Crippen molar-refractivity contribution in [1.29, 1.82) is 0 Å². The van der Waals surface area contributed by atoms with Crippen molar-refractivity contribution in [3.63, 3.8) is 0 Å². The number of para-hydroxylation sites is 2. The molecule has 0 bridgehead atoms. The van der Waals surface area contributed by atoms with E-state index in [2.05, 4.69) is 32.6 Å². The van der Waals surface area contributed by atoms with Gasteiger partial charge in [0.05, 0.1) is 5.69 Å². The molecular formula is C16H12F2INO2. The molecule has 0 aliphatic heterocycles. The van der Waals surface area contributed by atoms with Crippen LogP contribution in [-0.4, -0.2) is 12.5 Å². The van der Waals surface area contributed by atoms with Crippen LogP contribution >= 0.6 is 22.6 Å². The molecule has 0 aliphatic carbocycles. The smallest absolute Gasteiger partial charge is 0.387 e. The summed E-state index contributed by atoms with van der Waals surface area (Å²) in [4.78, 5) is 11.9. The molecule has 114 valence electrons. The van der Waals surface area contributed by atoms with Crippen molar-refractivity contribution in [2.75, 3.05) is 5.32 Å². The number of hydrogen-bond acceptors (Lipinski definition) is 2. The van der Waals surface area contributed by atoms with E-state index >= 15 is 0 Å². The highest BCUT2D eigenvalue weighted by molar-refractivity contribution is 14.1. The first kappa shape index (κ1) is 16.4. The third-order valence-corrected chi connectivity index (χ3v) is 3.62. The summed E-state index contributed by atoms with van der Waals surface area (Å²) in [5.74, 6) is -0.327. The zero-order chi connectivity index (χ0) is 15.9. The zero-order valence-electron chi connectivity index (χ0n) is 11.3. The highest BCUT2D eigenvalue weighted by Gasteiger charge is 2.07. The fraction of sp³-hybridized carbons (Fsp3) is 0.0625. The summed E-state index contributed by atoms with van der Waals surface area (Å²) < 4.78 is 29.9. The molecule has 0 atom stereocenters. The Hall–Kier alpha value is -1.96. The van der Waals surface area contributed by atoms with Gasteiger partial charge in [0.1, 0.15) is 5.75 Å². The number of carbonyl (C=O) groups excluding carboxylic acids is 1. The minimum Gasteiger partial charge on any atom is -0.434 e. The van der Waals surface area contributed by atoms with E-state index in [0.717, 1.165) is 3.57 Å². The molecule has 0 heterocycles. The zero-order valence-corrected chi connectivity index (χ0v) is 13.5. The Morgan fingerprint density at radius 2 is 1.82 bits per heavy atom. The molecule has 0 spiro atoms. The van der Waals surface area contributed by atoms with Crippen LogP contribution in [0.5, 0.6) is 5.75 Å². The number of halogens is 3. The molecule has 0 saturated carbocycles. The van der Waals surface area contributed by atoms with Gasteiger partial charge in [-0.3, -0.25) is 4.79 Å². The van der Waals surface area contributed by atoms with Crippen LogP contribution in [0.25, 0.3) is 6.08 Å². The number of hydrogen-bond donors (Lipinski definition) is 1. The van der Waals surface area contributed by atoms with Crippen molar-refractivity contribution < 1.29 is 18.3 Å². The molecule has 1 N–H and O–H groups in total. The van der Waals surface area contributed by atoms with Crippen molar-refractivity contribution >= 4 is 40.3 Å². The largest absolute Gasteiger partial charge is 0.434 e. The van der Waals surface area contributed by atoms with Crippen LogP contribution in [0.4, 0.5) is 14.5 Å². The highest BCUT2D eigenvalue weighted by atomic mass is 127. The van der Waals surface area contributed by atoms with Crippen molar-refractivity contribution in [2.45, 2.75) is 6.61 Å². The van der Waals surface area contributed by atoms with Crippen LogP contribution in [0, 0.1) is 3.57 Å². The van der Waals surface area contributed by atoms with Crippen LogP contribution in [-0.2, 0) is 4.79 Å². The van der Waals surface area contributed by atoms with Gasteiger partial charge in [-0.2, -0.15) is 8.78 Å². The second-order valence-corrected chi connectivity index (χ2v) is 5.38. The van der Waals surface area contributed by atoms with Gasteiger partial charge >= 0.3 is 6.61 Å². The van der Waals surface area contributed by atoms with Crippen molar-refractivity contribution in [1.82, 2.24) is 0 Å². The molecule has 0 radical (unpaired) electrons. The van der Waals surface area contributed by atoms with Gasteiger partial charge in [0.15, 0.2) is 0 Å². The summed E-state index contributed by atoms with van der Waals surface area (Å²) in [7, 11) is 0. The van der Waals surface area contributed by atoms with Gasteiger partial charge in [0.2, 0.25) is 5.91 Å². The SMILES string of the molecule is O=C(/C=C/c1ccccc1OC(F)F)Nc1ccccc1I. The van der Waals surface area contributed by atoms with E-state index in [-0.39, 0.29) is 11.7 Å². The maximum Gasteiger partial charge on any atom is 0.387 e. The molecule has 0 aliphatic rings. The molecule has 2 aromatic carbocycles. The monoisotopic (exact) mass is 415 g/mol. The number of nitrogens with one attached hydrogen (secondary N) is 1. The molecule has 3 nitrogen and oxygen atoms in total. The third kappa shape index (κ3) is 4.80. The maximum atomic E-state index is 12.3. The Kier molecular flexibility index (Phi) is 5.88. The summed E-state index contributed by atoms with van der Waals surface area (Å²) in [6.07, 6.45) is 2.71. The number of rotatable bonds is 5. The topological polar surface area (TPSA) is 38.3 Å². The molecule has 0 unspecified atom stereocenters. The molecular weight excluding hydrogens is 403 g/mol. The Morgan fingerprint density at radius 1 is 1.14 bits per heavy atom. The summed E-state index contributed by atoms with van der Waals surface area (Å²) in [5.41, 5.74) is 1.09. The minimum absolute atomic E-state index is 0.0239. The lowest BCUT2D eigenvalue weighted by Gasteiger charge is -2.07. The highest BCUT2D eigenvalue weighted by Crippen LogP contribution is 2.22. The number of anilines is 1. The second kappa shape index (κ2) is 7.88. The van der Waals surface area contributed by atoms with Crippen LogP contribution in [0.2, 0.25) is 0 Å². The van der Waals surface area contributed by atoms with Crippen LogP contribution in [0.1, 0.15) is 5.56 Å². The number of alkyl halides is 2. The maximum absolute atomic E-state index is 12.3. The fourth-order valence-corrected chi connectivity index (χ4v) is 2.25. The van der Waals surface area contributed by atoms with Gasteiger partial charge in [-0.1, -0.05) is 30.3 Å². The molecule has 22 heavy (non-hydrogen) atoms. The summed E-state index contributed by atoms with van der Waals surface area (Å²) >= 11 is 2.11. The summed E-state index contributed by atoms with van der Waals surface area (Å²) in [6.45, 7) is -2.91. The third-order valence-electron chi connectivity index (χ3n) is 2.68. The molecule has 2 rings (SSSR count). The Labute approximate surface area is 140 Å². The molecule has 0 saturated heterocycles. The Morgan fingerprint density at radius 3 is 2.55 bits per heavy atom. The van der Waals surface area contributed by atoms with Crippen LogP contribution in [0.3, 0.4) is 0 Å². The van der Waals surface area contributed by atoms with E-state index in [9.17, 15) is 13.6 Å². The predicted molar refractivity (Wildman–Crippen MR) is 89.9 cm³/mol. The minimum atomic E-state index is -2.91.